The second-order valence-electron chi connectivity index (χ2n) is 2.69. The number of rotatable bonds is 2. The van der Waals surface area contributed by atoms with E-state index in [-0.39, 0.29) is 21.3 Å². The number of hydrogen-bond acceptors (Lipinski definition) is 3. The van der Waals surface area contributed by atoms with Gasteiger partial charge in [-0.25, -0.2) is 0 Å². The molecule has 0 spiro atoms. The minimum atomic E-state index is -1.19. The molecule has 0 aromatic heterocycles. The standard InChI is InChI=1S/C8H8Cl2N2O2/c9-5-3(7(12)8(13)14)1-2-4(11)6(5)10/h1-2,7H,11-12H2,(H,13,14). The summed E-state index contributed by atoms with van der Waals surface area (Å²) < 4.78 is 0. The highest BCUT2D eigenvalue weighted by Gasteiger charge is 2.19. The van der Waals surface area contributed by atoms with E-state index < -0.39 is 12.0 Å². The second-order valence-corrected chi connectivity index (χ2v) is 3.44. The van der Waals surface area contributed by atoms with Crippen LogP contribution in [-0.2, 0) is 4.79 Å². The van der Waals surface area contributed by atoms with Crippen molar-refractivity contribution in [3.05, 3.63) is 27.7 Å². The summed E-state index contributed by atoms with van der Waals surface area (Å²) in [6, 6.07) is 1.72. The molecule has 1 aromatic carbocycles. The Hall–Kier alpha value is -0.970. The van der Waals surface area contributed by atoms with Crippen LogP contribution in [-0.4, -0.2) is 11.1 Å². The monoisotopic (exact) mass is 234 g/mol. The first-order valence-electron chi connectivity index (χ1n) is 3.67. The smallest absolute Gasteiger partial charge is 0.325 e. The quantitative estimate of drug-likeness (QED) is 0.680. The van der Waals surface area contributed by atoms with Gasteiger partial charge in [0.2, 0.25) is 0 Å². The maximum absolute atomic E-state index is 10.6. The lowest BCUT2D eigenvalue weighted by atomic mass is 10.1. The number of carboxylic acid groups (broad SMARTS) is 1. The lowest BCUT2D eigenvalue weighted by molar-refractivity contribution is -0.138. The number of aliphatic carboxylic acids is 1. The average Bonchev–Trinajstić information content (AvgIpc) is 2.13. The summed E-state index contributed by atoms with van der Waals surface area (Å²) in [5.74, 6) is -1.17. The molecule has 0 aliphatic carbocycles. The normalized spacial score (nSPS) is 12.5. The molecule has 4 nitrogen and oxygen atoms in total. The van der Waals surface area contributed by atoms with Gasteiger partial charge >= 0.3 is 5.97 Å². The summed E-state index contributed by atoms with van der Waals surface area (Å²) in [5, 5.41) is 8.87. The van der Waals surface area contributed by atoms with Crippen molar-refractivity contribution in [3.8, 4) is 0 Å². The zero-order valence-electron chi connectivity index (χ0n) is 7.00. The first-order chi connectivity index (χ1) is 6.45. The van der Waals surface area contributed by atoms with Crippen LogP contribution >= 0.6 is 23.2 Å². The predicted octanol–water partition coefficient (Wildman–Crippen LogP) is 1.66. The van der Waals surface area contributed by atoms with Crippen molar-refractivity contribution < 1.29 is 9.90 Å². The first-order valence-corrected chi connectivity index (χ1v) is 4.42. The molecule has 0 radical (unpaired) electrons. The maximum atomic E-state index is 10.6. The molecular formula is C8H8Cl2N2O2. The van der Waals surface area contributed by atoms with E-state index in [1.54, 1.807) is 0 Å². The largest absolute Gasteiger partial charge is 0.480 e. The molecule has 0 amide bonds. The van der Waals surface area contributed by atoms with Crippen LogP contribution < -0.4 is 11.5 Å². The zero-order chi connectivity index (χ0) is 10.9. The predicted molar refractivity (Wildman–Crippen MR) is 55.4 cm³/mol. The van der Waals surface area contributed by atoms with E-state index in [1.807, 2.05) is 0 Å². The van der Waals surface area contributed by atoms with Crippen LogP contribution in [0, 0.1) is 0 Å². The number of benzene rings is 1. The van der Waals surface area contributed by atoms with E-state index in [2.05, 4.69) is 0 Å². The molecule has 0 fully saturated rings. The van der Waals surface area contributed by atoms with Gasteiger partial charge in [0.25, 0.3) is 0 Å². The zero-order valence-corrected chi connectivity index (χ0v) is 8.51. The van der Waals surface area contributed by atoms with Crippen LogP contribution in [0.15, 0.2) is 12.1 Å². The van der Waals surface area contributed by atoms with Gasteiger partial charge < -0.3 is 16.6 Å². The summed E-state index contributed by atoms with van der Waals surface area (Å²) in [6.07, 6.45) is 0. The van der Waals surface area contributed by atoms with Gasteiger partial charge in [0.05, 0.1) is 15.7 Å². The third kappa shape index (κ3) is 1.92. The molecule has 0 saturated carbocycles. The Labute approximate surface area is 90.4 Å². The Morgan fingerprint density at radius 2 is 1.93 bits per heavy atom. The summed E-state index contributed by atoms with van der Waals surface area (Å²) in [6.45, 7) is 0. The fraction of sp³-hybridized carbons (Fsp3) is 0.125. The van der Waals surface area contributed by atoms with Crippen molar-refractivity contribution in [2.75, 3.05) is 5.73 Å². The molecule has 1 aromatic rings. The van der Waals surface area contributed by atoms with Crippen molar-refractivity contribution in [1.82, 2.24) is 0 Å². The molecule has 0 aliphatic rings. The van der Waals surface area contributed by atoms with Crippen LogP contribution in [0.5, 0.6) is 0 Å². The lowest BCUT2D eigenvalue weighted by Gasteiger charge is -2.11. The lowest BCUT2D eigenvalue weighted by Crippen LogP contribution is -2.21. The van der Waals surface area contributed by atoms with Gasteiger partial charge in [-0.3, -0.25) is 4.79 Å². The number of hydrogen-bond donors (Lipinski definition) is 3. The highest BCUT2D eigenvalue weighted by Crippen LogP contribution is 2.33. The molecule has 0 heterocycles. The number of nitrogen functional groups attached to an aromatic ring is 1. The first kappa shape index (κ1) is 11.1. The minimum absolute atomic E-state index is 0.0848. The van der Waals surface area contributed by atoms with Crippen molar-refractivity contribution in [2.45, 2.75) is 6.04 Å². The molecule has 1 atom stereocenters. The third-order valence-electron chi connectivity index (χ3n) is 1.74. The summed E-state index contributed by atoms with van der Waals surface area (Å²) in [7, 11) is 0. The Kier molecular flexibility index (Phi) is 3.21. The minimum Gasteiger partial charge on any atom is -0.480 e. The van der Waals surface area contributed by atoms with Gasteiger partial charge in [0.1, 0.15) is 6.04 Å². The van der Waals surface area contributed by atoms with Gasteiger partial charge in [0, 0.05) is 5.56 Å². The Balaban J connectivity index is 3.24. The summed E-state index contributed by atoms with van der Waals surface area (Å²) >= 11 is 11.5. The molecule has 1 rings (SSSR count). The molecule has 0 aliphatic heterocycles. The van der Waals surface area contributed by atoms with E-state index in [0.29, 0.717) is 0 Å². The van der Waals surface area contributed by atoms with E-state index in [9.17, 15) is 4.79 Å². The fourth-order valence-electron chi connectivity index (χ4n) is 0.953. The third-order valence-corrected chi connectivity index (χ3v) is 2.65. The molecule has 1 unspecified atom stereocenters. The summed E-state index contributed by atoms with van der Waals surface area (Å²) in [5.41, 5.74) is 11.4. The molecular weight excluding hydrogens is 227 g/mol. The van der Waals surface area contributed by atoms with E-state index in [0.717, 1.165) is 0 Å². The Morgan fingerprint density at radius 1 is 1.36 bits per heavy atom. The second kappa shape index (κ2) is 4.04. The van der Waals surface area contributed by atoms with E-state index in [1.165, 1.54) is 12.1 Å². The van der Waals surface area contributed by atoms with Gasteiger partial charge in [-0.2, -0.15) is 0 Å². The van der Waals surface area contributed by atoms with Crippen LogP contribution in [0.1, 0.15) is 11.6 Å². The number of anilines is 1. The molecule has 14 heavy (non-hydrogen) atoms. The Bertz CT molecular complexity index is 382. The van der Waals surface area contributed by atoms with Gasteiger partial charge in [-0.15, -0.1) is 0 Å². The van der Waals surface area contributed by atoms with E-state index >= 15 is 0 Å². The van der Waals surface area contributed by atoms with Crippen LogP contribution in [0.4, 0.5) is 5.69 Å². The van der Waals surface area contributed by atoms with Gasteiger partial charge in [-0.05, 0) is 6.07 Å². The van der Waals surface area contributed by atoms with Gasteiger partial charge in [-0.1, -0.05) is 29.3 Å². The molecule has 6 heteroatoms. The topological polar surface area (TPSA) is 89.3 Å². The van der Waals surface area contributed by atoms with Gasteiger partial charge in [0.15, 0.2) is 0 Å². The number of nitrogens with two attached hydrogens (primary N) is 2. The number of carbonyl (C=O) groups is 1. The van der Waals surface area contributed by atoms with Crippen LogP contribution in [0.2, 0.25) is 10.0 Å². The number of carboxylic acids is 1. The Morgan fingerprint density at radius 3 is 2.43 bits per heavy atom. The average molecular weight is 235 g/mol. The number of halogens is 2. The van der Waals surface area contributed by atoms with Crippen molar-refractivity contribution in [3.63, 3.8) is 0 Å². The van der Waals surface area contributed by atoms with Crippen molar-refractivity contribution in [1.29, 1.82) is 0 Å². The van der Waals surface area contributed by atoms with E-state index in [4.69, 9.17) is 39.8 Å². The fourth-order valence-corrected chi connectivity index (χ4v) is 1.41. The SMILES string of the molecule is Nc1ccc(C(N)C(=O)O)c(Cl)c1Cl. The molecule has 5 N–H and O–H groups in total. The molecule has 76 valence electrons. The molecule has 0 saturated heterocycles. The summed E-state index contributed by atoms with van der Waals surface area (Å²) in [4.78, 5) is 10.6. The highest BCUT2D eigenvalue weighted by atomic mass is 35.5. The highest BCUT2D eigenvalue weighted by molar-refractivity contribution is 6.44. The van der Waals surface area contributed by atoms with Crippen LogP contribution in [0.25, 0.3) is 0 Å². The van der Waals surface area contributed by atoms with Crippen molar-refractivity contribution >= 4 is 34.9 Å². The maximum Gasteiger partial charge on any atom is 0.325 e. The van der Waals surface area contributed by atoms with Crippen LogP contribution in [0.3, 0.4) is 0 Å². The van der Waals surface area contributed by atoms with Crippen molar-refractivity contribution in [2.24, 2.45) is 5.73 Å². The molecule has 0 bridgehead atoms.